The Bertz CT molecular complexity index is 836. The molecule has 0 aliphatic carbocycles. The van der Waals surface area contributed by atoms with Gasteiger partial charge in [0.25, 0.3) is 5.91 Å². The lowest BCUT2D eigenvalue weighted by Crippen LogP contribution is -2.36. The van der Waals surface area contributed by atoms with Crippen molar-refractivity contribution >= 4 is 35.8 Å². The smallest absolute Gasteiger partial charge is 0.253 e. The van der Waals surface area contributed by atoms with Crippen LogP contribution in [0.4, 0.5) is 0 Å². The number of ether oxygens (including phenoxy) is 1. The lowest BCUT2D eigenvalue weighted by Gasteiger charge is -2.15. The molecule has 2 N–H and O–H groups in total. The van der Waals surface area contributed by atoms with Crippen molar-refractivity contribution in [3.8, 4) is 5.75 Å². The van der Waals surface area contributed by atoms with Gasteiger partial charge in [-0.3, -0.25) is 4.79 Å². The maximum atomic E-state index is 12.0. The Kier molecular flexibility index (Phi) is 11.2. The van der Waals surface area contributed by atoms with Crippen molar-refractivity contribution in [3.63, 3.8) is 0 Å². The van der Waals surface area contributed by atoms with Gasteiger partial charge in [-0.05, 0) is 50.1 Å². The van der Waals surface area contributed by atoms with Crippen LogP contribution in [0.1, 0.15) is 40.9 Å². The number of rotatable bonds is 8. The van der Waals surface area contributed by atoms with E-state index in [1.54, 1.807) is 19.0 Å². The fourth-order valence-electron chi connectivity index (χ4n) is 2.80. The highest BCUT2D eigenvalue weighted by Crippen LogP contribution is 2.20. The largest absolute Gasteiger partial charge is 0.494 e. The Balaban J connectivity index is 0.00000450. The summed E-state index contributed by atoms with van der Waals surface area (Å²) in [5.41, 5.74) is 3.99. The van der Waals surface area contributed by atoms with Crippen molar-refractivity contribution in [1.82, 2.24) is 15.5 Å². The van der Waals surface area contributed by atoms with E-state index in [1.165, 1.54) is 5.56 Å². The fraction of sp³-hybridized carbons (Fsp3) is 0.391. The zero-order chi connectivity index (χ0) is 21.2. The second-order valence-corrected chi connectivity index (χ2v) is 6.99. The maximum absolute atomic E-state index is 12.0. The van der Waals surface area contributed by atoms with Crippen LogP contribution in [0.5, 0.6) is 5.75 Å². The summed E-state index contributed by atoms with van der Waals surface area (Å²) in [5, 5.41) is 6.64. The summed E-state index contributed by atoms with van der Waals surface area (Å²) in [5.74, 6) is 1.64. The fourth-order valence-corrected chi connectivity index (χ4v) is 2.80. The topological polar surface area (TPSA) is 66.0 Å². The molecular formula is C23H33IN4O2. The number of hydrogen-bond acceptors (Lipinski definition) is 3. The summed E-state index contributed by atoms with van der Waals surface area (Å²) in [6.45, 7) is 8.64. The summed E-state index contributed by atoms with van der Waals surface area (Å²) in [4.78, 5) is 18.2. The van der Waals surface area contributed by atoms with Crippen LogP contribution in [0.2, 0.25) is 0 Å². The molecule has 0 aliphatic rings. The van der Waals surface area contributed by atoms with Gasteiger partial charge in [0.2, 0.25) is 0 Å². The molecule has 0 saturated carbocycles. The quantitative estimate of drug-likeness (QED) is 0.312. The Morgan fingerprint density at radius 3 is 2.37 bits per heavy atom. The number of carbonyl (C=O) groups is 1. The molecule has 7 heteroatoms. The van der Waals surface area contributed by atoms with Gasteiger partial charge in [0, 0.05) is 38.3 Å². The van der Waals surface area contributed by atoms with Crippen LogP contribution in [0.3, 0.4) is 0 Å². The van der Waals surface area contributed by atoms with E-state index in [0.29, 0.717) is 25.3 Å². The van der Waals surface area contributed by atoms with Crippen molar-refractivity contribution in [2.24, 2.45) is 4.99 Å². The van der Waals surface area contributed by atoms with Crippen molar-refractivity contribution in [1.29, 1.82) is 0 Å². The number of amides is 1. The second kappa shape index (κ2) is 13.1. The summed E-state index contributed by atoms with van der Waals surface area (Å²) >= 11 is 0. The number of carbonyl (C=O) groups excluding carboxylic acids is 1. The Labute approximate surface area is 197 Å². The van der Waals surface area contributed by atoms with E-state index in [-0.39, 0.29) is 29.9 Å². The molecule has 6 nitrogen and oxygen atoms in total. The predicted octanol–water partition coefficient (Wildman–Crippen LogP) is 3.97. The number of guanidine groups is 1. The van der Waals surface area contributed by atoms with Crippen LogP contribution >= 0.6 is 24.0 Å². The number of aliphatic imine (C=N–C) groups is 1. The Morgan fingerprint density at radius 2 is 1.77 bits per heavy atom. The molecule has 1 amide bonds. The number of halogens is 1. The van der Waals surface area contributed by atoms with E-state index in [9.17, 15) is 4.79 Å². The van der Waals surface area contributed by atoms with Gasteiger partial charge in [-0.15, -0.1) is 24.0 Å². The predicted molar refractivity (Wildman–Crippen MR) is 134 cm³/mol. The van der Waals surface area contributed by atoms with Crippen molar-refractivity contribution < 1.29 is 9.53 Å². The van der Waals surface area contributed by atoms with Crippen LogP contribution in [0.15, 0.2) is 47.5 Å². The standard InChI is InChI=1S/C23H32N4O2.HI/c1-6-24-23(26-16-20-11-8-17(3)14-21(20)29-7-2)25-15-18-9-12-19(13-10-18)22(28)27(4)5;/h8-14H,6-7,15-16H2,1-5H3,(H2,24,25,26);1H. The molecule has 30 heavy (non-hydrogen) atoms. The molecule has 0 aromatic heterocycles. The van der Waals surface area contributed by atoms with Gasteiger partial charge in [0.1, 0.15) is 5.75 Å². The average Bonchev–Trinajstić information content (AvgIpc) is 2.71. The van der Waals surface area contributed by atoms with Gasteiger partial charge in [-0.25, -0.2) is 4.99 Å². The molecule has 0 bridgehead atoms. The molecule has 0 saturated heterocycles. The zero-order valence-corrected chi connectivity index (χ0v) is 20.8. The van der Waals surface area contributed by atoms with Gasteiger partial charge in [-0.1, -0.05) is 24.3 Å². The first-order chi connectivity index (χ1) is 13.9. The second-order valence-electron chi connectivity index (χ2n) is 6.99. The zero-order valence-electron chi connectivity index (χ0n) is 18.5. The SMILES string of the molecule is CCNC(=NCc1ccc(C(=O)N(C)C)cc1)NCc1ccc(C)cc1OCC.I. The summed E-state index contributed by atoms with van der Waals surface area (Å²) in [6, 6.07) is 13.8. The lowest BCUT2D eigenvalue weighted by atomic mass is 10.1. The lowest BCUT2D eigenvalue weighted by molar-refractivity contribution is 0.0827. The van der Waals surface area contributed by atoms with Crippen molar-refractivity contribution in [2.75, 3.05) is 27.2 Å². The maximum Gasteiger partial charge on any atom is 0.253 e. The minimum Gasteiger partial charge on any atom is -0.494 e. The van der Waals surface area contributed by atoms with Crippen LogP contribution in [0, 0.1) is 6.92 Å². The molecule has 0 unspecified atom stereocenters. The third-order valence-corrected chi connectivity index (χ3v) is 4.34. The van der Waals surface area contributed by atoms with Crippen molar-refractivity contribution in [3.05, 3.63) is 64.7 Å². The van der Waals surface area contributed by atoms with E-state index in [2.05, 4.69) is 40.7 Å². The van der Waals surface area contributed by atoms with Gasteiger partial charge in [-0.2, -0.15) is 0 Å². The number of benzene rings is 2. The molecule has 0 heterocycles. The highest BCUT2D eigenvalue weighted by atomic mass is 127. The Morgan fingerprint density at radius 1 is 1.07 bits per heavy atom. The molecule has 0 atom stereocenters. The number of aryl methyl sites for hydroxylation is 1. The first kappa shape index (κ1) is 25.7. The molecule has 2 rings (SSSR count). The van der Waals surface area contributed by atoms with E-state index >= 15 is 0 Å². The highest BCUT2D eigenvalue weighted by molar-refractivity contribution is 14.0. The van der Waals surface area contributed by atoms with Gasteiger partial charge >= 0.3 is 0 Å². The van der Waals surface area contributed by atoms with E-state index in [1.807, 2.05) is 38.1 Å². The number of nitrogens with one attached hydrogen (secondary N) is 2. The average molecular weight is 524 g/mol. The van der Waals surface area contributed by atoms with Crippen LogP contribution < -0.4 is 15.4 Å². The normalized spacial score (nSPS) is 10.8. The molecule has 2 aromatic carbocycles. The van der Waals surface area contributed by atoms with E-state index < -0.39 is 0 Å². The Hall–Kier alpha value is -2.29. The van der Waals surface area contributed by atoms with Gasteiger partial charge in [0.15, 0.2) is 5.96 Å². The molecule has 164 valence electrons. The monoisotopic (exact) mass is 524 g/mol. The summed E-state index contributed by atoms with van der Waals surface area (Å²) in [6.07, 6.45) is 0. The summed E-state index contributed by atoms with van der Waals surface area (Å²) < 4.78 is 5.76. The minimum atomic E-state index is -0.00161. The highest BCUT2D eigenvalue weighted by Gasteiger charge is 2.08. The summed E-state index contributed by atoms with van der Waals surface area (Å²) in [7, 11) is 3.50. The molecule has 0 aliphatic heterocycles. The third-order valence-electron chi connectivity index (χ3n) is 4.34. The van der Waals surface area contributed by atoms with Gasteiger partial charge < -0.3 is 20.3 Å². The molecule has 0 spiro atoms. The molecular weight excluding hydrogens is 491 g/mol. The molecule has 0 radical (unpaired) electrons. The first-order valence-electron chi connectivity index (χ1n) is 9.99. The van der Waals surface area contributed by atoms with Crippen molar-refractivity contribution in [2.45, 2.75) is 33.9 Å². The number of nitrogens with zero attached hydrogens (tertiary/aromatic N) is 2. The first-order valence-corrected chi connectivity index (χ1v) is 9.99. The van der Waals surface area contributed by atoms with Crippen LogP contribution in [-0.4, -0.2) is 44.0 Å². The third kappa shape index (κ3) is 7.85. The molecule has 2 aromatic rings. The number of hydrogen-bond donors (Lipinski definition) is 2. The minimum absolute atomic E-state index is 0. The van der Waals surface area contributed by atoms with Crippen LogP contribution in [0.25, 0.3) is 0 Å². The molecule has 0 fully saturated rings. The van der Waals surface area contributed by atoms with E-state index in [0.717, 1.165) is 29.4 Å². The van der Waals surface area contributed by atoms with E-state index in [4.69, 9.17) is 4.74 Å². The van der Waals surface area contributed by atoms with Gasteiger partial charge in [0.05, 0.1) is 13.2 Å². The van der Waals surface area contributed by atoms with Crippen LogP contribution in [-0.2, 0) is 13.1 Å².